The average molecular weight is 517 g/mol. The van der Waals surface area contributed by atoms with Gasteiger partial charge < -0.3 is 14.7 Å². The summed E-state index contributed by atoms with van der Waals surface area (Å²) in [6.07, 6.45) is 2.36. The summed E-state index contributed by atoms with van der Waals surface area (Å²) in [5.41, 5.74) is 2.23. The van der Waals surface area contributed by atoms with E-state index in [1.165, 1.54) is 24.3 Å². The van der Waals surface area contributed by atoms with E-state index in [2.05, 4.69) is 9.88 Å². The molecule has 1 atom stereocenters. The lowest BCUT2D eigenvalue weighted by Crippen LogP contribution is -2.42. The van der Waals surface area contributed by atoms with Gasteiger partial charge in [0.05, 0.1) is 11.4 Å². The van der Waals surface area contributed by atoms with Crippen molar-refractivity contribution in [1.29, 1.82) is 0 Å². The average Bonchev–Trinajstić information content (AvgIpc) is 2.94. The van der Waals surface area contributed by atoms with Gasteiger partial charge in [0.15, 0.2) is 0 Å². The molecule has 0 spiro atoms. The summed E-state index contributed by atoms with van der Waals surface area (Å²) in [4.78, 5) is 20.2. The number of aromatic nitrogens is 1. The summed E-state index contributed by atoms with van der Waals surface area (Å²) >= 11 is 0. The Bertz CT molecular complexity index is 1320. The maximum Gasteiger partial charge on any atom is 0.147 e. The van der Waals surface area contributed by atoms with Gasteiger partial charge in [-0.25, -0.2) is 8.78 Å². The van der Waals surface area contributed by atoms with Gasteiger partial charge in [-0.3, -0.25) is 9.78 Å². The minimum absolute atomic E-state index is 0.0521. The minimum atomic E-state index is -0.680. The third kappa shape index (κ3) is 6.06. The summed E-state index contributed by atoms with van der Waals surface area (Å²) < 4.78 is 33.0. The summed E-state index contributed by atoms with van der Waals surface area (Å²) in [6.45, 7) is 1.95. The van der Waals surface area contributed by atoms with E-state index < -0.39 is 12.0 Å². The van der Waals surface area contributed by atoms with Gasteiger partial charge in [-0.1, -0.05) is 30.3 Å². The summed E-state index contributed by atoms with van der Waals surface area (Å²) in [5, 5.41) is 11.5. The molecule has 0 radical (unpaired) electrons. The number of ketones is 1. The van der Waals surface area contributed by atoms with E-state index in [0.717, 1.165) is 10.9 Å². The summed E-state index contributed by atoms with van der Waals surface area (Å²) in [5.74, 6) is -0.758. The molecule has 7 heteroatoms. The van der Waals surface area contributed by atoms with Crippen molar-refractivity contribution in [3.05, 3.63) is 108 Å². The van der Waals surface area contributed by atoms with Crippen molar-refractivity contribution in [2.45, 2.75) is 24.9 Å². The van der Waals surface area contributed by atoms with Crippen molar-refractivity contribution >= 4 is 16.7 Å². The van der Waals surface area contributed by atoms with Crippen LogP contribution in [0.25, 0.3) is 10.9 Å². The number of likely N-dealkylation sites (tertiary alicyclic amines) is 1. The molecule has 1 aromatic heterocycles. The first-order valence-electron chi connectivity index (χ1n) is 12.9. The first-order chi connectivity index (χ1) is 18.5. The smallest absolute Gasteiger partial charge is 0.147 e. The van der Waals surface area contributed by atoms with Gasteiger partial charge >= 0.3 is 0 Å². The number of aliphatic hydroxyl groups is 1. The lowest BCUT2D eigenvalue weighted by Gasteiger charge is -2.34. The van der Waals surface area contributed by atoms with Crippen LogP contribution in [0.4, 0.5) is 8.78 Å². The Hall–Kier alpha value is -3.68. The minimum Gasteiger partial charge on any atom is -0.490 e. The molecule has 196 valence electrons. The molecule has 5 nitrogen and oxygen atoms in total. The number of aliphatic hydroxyl groups excluding tert-OH is 1. The van der Waals surface area contributed by atoms with Crippen molar-refractivity contribution in [3.63, 3.8) is 0 Å². The Kier molecular flexibility index (Phi) is 8.05. The van der Waals surface area contributed by atoms with E-state index >= 15 is 0 Å². The molecule has 0 bridgehead atoms. The zero-order valence-electron chi connectivity index (χ0n) is 21.0. The van der Waals surface area contributed by atoms with Crippen LogP contribution in [0, 0.1) is 17.6 Å². The topological polar surface area (TPSA) is 62.7 Å². The number of Topliss-reactive ketones (excluding diaryl/α,β-unsaturated/α-hetero) is 1. The number of piperidine rings is 1. The number of pyridine rings is 1. The van der Waals surface area contributed by atoms with Gasteiger partial charge in [-0.05, 0) is 85.6 Å². The van der Waals surface area contributed by atoms with E-state index in [0.29, 0.717) is 49.4 Å². The number of carbonyl (C=O) groups is 1. The van der Waals surface area contributed by atoms with Crippen molar-refractivity contribution in [3.8, 4) is 5.75 Å². The predicted octanol–water partition coefficient (Wildman–Crippen LogP) is 5.37. The second kappa shape index (κ2) is 11.8. The van der Waals surface area contributed by atoms with E-state index in [1.54, 1.807) is 30.5 Å². The van der Waals surface area contributed by atoms with Crippen LogP contribution in [0.2, 0.25) is 0 Å². The molecular formula is C31H30F2N2O3. The molecule has 5 rings (SSSR count). The fourth-order valence-electron chi connectivity index (χ4n) is 5.20. The Balaban J connectivity index is 1.18. The molecule has 4 aromatic rings. The highest BCUT2D eigenvalue weighted by Gasteiger charge is 2.32. The molecule has 0 saturated carbocycles. The monoisotopic (exact) mass is 516 g/mol. The van der Waals surface area contributed by atoms with Crippen LogP contribution >= 0.6 is 0 Å². The maximum atomic E-state index is 13.7. The molecule has 1 aliphatic heterocycles. The number of halogens is 2. The Morgan fingerprint density at radius 1 is 0.921 bits per heavy atom. The van der Waals surface area contributed by atoms with Gasteiger partial charge in [0.2, 0.25) is 0 Å². The van der Waals surface area contributed by atoms with Crippen LogP contribution in [-0.2, 0) is 4.79 Å². The lowest BCUT2D eigenvalue weighted by atomic mass is 9.79. The summed E-state index contributed by atoms with van der Waals surface area (Å²) in [7, 11) is 0. The van der Waals surface area contributed by atoms with Crippen LogP contribution in [0.1, 0.15) is 29.9 Å². The molecule has 1 saturated heterocycles. The normalized spacial score (nSPS) is 15.6. The summed E-state index contributed by atoms with van der Waals surface area (Å²) in [6, 6.07) is 21.3. The number of fused-ring (bicyclic) bond motifs is 1. The number of rotatable bonds is 9. The van der Waals surface area contributed by atoms with Crippen molar-refractivity contribution < 1.29 is 23.4 Å². The van der Waals surface area contributed by atoms with Gasteiger partial charge in [-0.15, -0.1) is 0 Å². The van der Waals surface area contributed by atoms with E-state index in [-0.39, 0.29) is 29.9 Å². The number of hydrogen-bond donors (Lipinski definition) is 1. The van der Waals surface area contributed by atoms with Crippen LogP contribution in [-0.4, -0.2) is 53.1 Å². The van der Waals surface area contributed by atoms with Gasteiger partial charge in [0, 0.05) is 24.0 Å². The molecule has 0 amide bonds. The first-order valence-corrected chi connectivity index (χ1v) is 12.9. The molecule has 2 heterocycles. The van der Waals surface area contributed by atoms with Crippen LogP contribution < -0.4 is 4.74 Å². The van der Waals surface area contributed by atoms with Crippen molar-refractivity contribution in [2.75, 3.05) is 26.2 Å². The van der Waals surface area contributed by atoms with Crippen LogP contribution in [0.5, 0.6) is 5.75 Å². The molecule has 38 heavy (non-hydrogen) atoms. The van der Waals surface area contributed by atoms with Gasteiger partial charge in [0.25, 0.3) is 0 Å². The third-order valence-electron chi connectivity index (χ3n) is 7.19. The quantitative estimate of drug-likeness (QED) is 0.324. The molecular weight excluding hydrogens is 486 g/mol. The maximum absolute atomic E-state index is 13.7. The number of carbonyl (C=O) groups excluding carboxylic acids is 1. The number of nitrogens with zero attached hydrogens (tertiary/aromatic N) is 2. The number of β-amino-alcohol motifs (C(OH)–C–C–N with tert-alkyl or cyclic N) is 1. The number of benzene rings is 3. The molecule has 1 unspecified atom stereocenters. The zero-order chi connectivity index (χ0) is 26.5. The highest BCUT2D eigenvalue weighted by atomic mass is 19.1. The highest BCUT2D eigenvalue weighted by molar-refractivity contribution is 5.91. The standard InChI is InChI=1S/C31H30F2N2O3/c32-24-10-6-21(7-11-24)30(22-8-12-25(33)13-9-22)31(37)23-14-17-35(18-15-23)19-26(36)20-38-29-5-1-4-28-27(29)3-2-16-34-28/h1-13,16,23,26,30,36H,14-15,17-20H2. The second-order valence-corrected chi connectivity index (χ2v) is 9.80. The molecule has 1 fully saturated rings. The van der Waals surface area contributed by atoms with Crippen molar-refractivity contribution in [1.82, 2.24) is 9.88 Å². The van der Waals surface area contributed by atoms with E-state index in [4.69, 9.17) is 4.74 Å². The van der Waals surface area contributed by atoms with Crippen LogP contribution in [0.15, 0.2) is 85.1 Å². The molecule has 0 aliphatic carbocycles. The molecule has 1 N–H and O–H groups in total. The fourth-order valence-corrected chi connectivity index (χ4v) is 5.20. The van der Waals surface area contributed by atoms with Gasteiger partial charge in [0.1, 0.15) is 35.9 Å². The number of hydrogen-bond acceptors (Lipinski definition) is 5. The van der Waals surface area contributed by atoms with Crippen LogP contribution in [0.3, 0.4) is 0 Å². The second-order valence-electron chi connectivity index (χ2n) is 9.80. The number of ether oxygens (including phenoxy) is 1. The van der Waals surface area contributed by atoms with Gasteiger partial charge in [-0.2, -0.15) is 0 Å². The molecule has 1 aliphatic rings. The Labute approximate surface area is 220 Å². The Morgan fingerprint density at radius 3 is 2.18 bits per heavy atom. The first kappa shape index (κ1) is 25.9. The van der Waals surface area contributed by atoms with E-state index in [1.807, 2.05) is 30.3 Å². The lowest BCUT2D eigenvalue weighted by molar-refractivity contribution is -0.125. The Morgan fingerprint density at radius 2 is 1.55 bits per heavy atom. The largest absolute Gasteiger partial charge is 0.490 e. The van der Waals surface area contributed by atoms with Crippen molar-refractivity contribution in [2.24, 2.45) is 5.92 Å². The fraction of sp³-hybridized carbons (Fsp3) is 0.290. The van der Waals surface area contributed by atoms with E-state index in [9.17, 15) is 18.7 Å². The SMILES string of the molecule is O=C(C1CCN(CC(O)COc2cccc3ncccc23)CC1)C(c1ccc(F)cc1)c1ccc(F)cc1. The zero-order valence-corrected chi connectivity index (χ0v) is 21.0. The highest BCUT2D eigenvalue weighted by Crippen LogP contribution is 2.32. The predicted molar refractivity (Wildman–Crippen MR) is 142 cm³/mol. The molecule has 3 aromatic carbocycles. The third-order valence-corrected chi connectivity index (χ3v) is 7.19.